The van der Waals surface area contributed by atoms with Gasteiger partial charge in [-0.05, 0) is 263 Å². The maximum atomic E-state index is 6.46. The number of para-hydroxylation sites is 5. The molecule has 24 aromatic rings. The van der Waals surface area contributed by atoms with E-state index in [1.54, 1.807) is 0 Å². The van der Waals surface area contributed by atoms with Crippen LogP contribution in [-0.2, 0) is 10.8 Å². The number of rotatable bonds is 12. The van der Waals surface area contributed by atoms with Crippen LogP contribution in [0.3, 0.4) is 0 Å². The number of anilines is 6. The van der Waals surface area contributed by atoms with Crippen LogP contribution in [0.4, 0.5) is 34.1 Å². The first-order valence-corrected chi connectivity index (χ1v) is 44.3. The third kappa shape index (κ3) is 12.0. The van der Waals surface area contributed by atoms with Crippen LogP contribution in [0.15, 0.2) is 446 Å². The second kappa shape index (κ2) is 29.2. The largest absolute Gasteiger partial charge is 0.456 e. The van der Waals surface area contributed by atoms with Crippen molar-refractivity contribution >= 4 is 143 Å². The average molecular weight is 1640 g/mol. The van der Waals surface area contributed by atoms with Gasteiger partial charge >= 0.3 is 0 Å². The Kier molecular flexibility index (Phi) is 17.0. The normalized spacial score (nSPS) is 13.0. The summed E-state index contributed by atoms with van der Waals surface area (Å²) in [5.41, 5.74) is 37.2. The Morgan fingerprint density at radius 1 is 0.195 bits per heavy atom. The Morgan fingerprint density at radius 3 is 1.02 bits per heavy atom. The summed E-state index contributed by atoms with van der Waals surface area (Å²) in [5, 5.41) is 14.5. The Balaban J connectivity index is 0.000000139. The highest BCUT2D eigenvalue weighted by atomic mass is 16.3. The molecule has 0 bridgehead atoms. The molecule has 0 fully saturated rings. The van der Waals surface area contributed by atoms with Crippen LogP contribution in [0.5, 0.6) is 0 Å². The summed E-state index contributed by atoms with van der Waals surface area (Å²) in [5.74, 6) is 0. The zero-order valence-electron chi connectivity index (χ0n) is 71.2. The summed E-state index contributed by atoms with van der Waals surface area (Å²) in [7, 11) is 0. The lowest BCUT2D eigenvalue weighted by Crippen LogP contribution is -2.16. The first-order valence-electron chi connectivity index (χ1n) is 44.3. The number of hydrogen-bond donors (Lipinski definition) is 0. The van der Waals surface area contributed by atoms with Crippen LogP contribution < -0.4 is 9.80 Å². The SMILES string of the molecule is CC1(C)c2ccccc2-c2ccc(N(c3ccc(-c4ccc5c(c4)c4ccccc4n5-c4ccc5ccccc5c4)cc3)c3ccc(-c4cccc5c4oc4ccccc45)cc3)cc21.CC1(C)c2ccccc2-c2ccc(N(c3ccc(-c4ccc5oc6ccccc6c5c4)cc3)c3ccc(-c4ccc5c(c4)c4ccccc4n5-c4ccc5ccccc5c4)cc3)cc21. The van der Waals surface area contributed by atoms with Crippen molar-refractivity contribution in [2.45, 2.75) is 38.5 Å². The minimum absolute atomic E-state index is 0.118. The van der Waals surface area contributed by atoms with Gasteiger partial charge in [-0.1, -0.05) is 307 Å². The van der Waals surface area contributed by atoms with E-state index in [0.717, 1.165) is 100 Å². The molecule has 0 N–H and O–H groups in total. The van der Waals surface area contributed by atoms with E-state index < -0.39 is 0 Å². The summed E-state index contributed by atoms with van der Waals surface area (Å²) in [6, 6.07) is 160. The van der Waals surface area contributed by atoms with E-state index in [0.29, 0.717) is 0 Å². The number of fused-ring (bicyclic) bond motifs is 20. The van der Waals surface area contributed by atoms with Crippen molar-refractivity contribution in [1.29, 1.82) is 0 Å². The Hall–Kier alpha value is -16.3. The molecule has 0 saturated carbocycles. The van der Waals surface area contributed by atoms with Crippen molar-refractivity contribution in [3.63, 3.8) is 0 Å². The van der Waals surface area contributed by atoms with Gasteiger partial charge in [0, 0.05) is 105 Å². The van der Waals surface area contributed by atoms with E-state index in [2.05, 4.69) is 459 Å². The van der Waals surface area contributed by atoms with Crippen molar-refractivity contribution < 1.29 is 8.83 Å². The fourth-order valence-electron chi connectivity index (χ4n) is 21.1. The van der Waals surface area contributed by atoms with Gasteiger partial charge in [0.2, 0.25) is 0 Å². The fraction of sp³-hybridized carbons (Fsp3) is 0.0492. The molecule has 0 unspecified atom stereocenters. The molecule has 2 aliphatic carbocycles. The molecule has 0 aliphatic heterocycles. The Labute approximate surface area is 741 Å². The van der Waals surface area contributed by atoms with Crippen LogP contribution in [-0.4, -0.2) is 9.13 Å². The molecule has 20 aromatic carbocycles. The second-order valence-electron chi connectivity index (χ2n) is 35.5. The van der Waals surface area contributed by atoms with Gasteiger partial charge < -0.3 is 27.8 Å². The first kappa shape index (κ1) is 74.4. The predicted molar refractivity (Wildman–Crippen MR) is 537 cm³/mol. The van der Waals surface area contributed by atoms with Crippen molar-refractivity contribution in [3.05, 3.63) is 459 Å². The molecule has 26 rings (SSSR count). The zero-order chi connectivity index (χ0) is 85.0. The third-order valence-electron chi connectivity index (χ3n) is 27.6. The topological polar surface area (TPSA) is 42.6 Å². The van der Waals surface area contributed by atoms with Crippen LogP contribution in [0.2, 0.25) is 0 Å². The van der Waals surface area contributed by atoms with Crippen molar-refractivity contribution in [1.82, 2.24) is 9.13 Å². The molecule has 6 nitrogen and oxygen atoms in total. The van der Waals surface area contributed by atoms with Gasteiger partial charge in [-0.25, -0.2) is 0 Å². The average Bonchev–Trinajstić information content (AvgIpc) is 1.59. The van der Waals surface area contributed by atoms with Gasteiger partial charge in [-0.15, -0.1) is 0 Å². The van der Waals surface area contributed by atoms with Gasteiger partial charge in [0.25, 0.3) is 0 Å². The van der Waals surface area contributed by atoms with Gasteiger partial charge in [0.15, 0.2) is 0 Å². The van der Waals surface area contributed by atoms with Gasteiger partial charge in [0.05, 0.1) is 22.1 Å². The lowest BCUT2D eigenvalue weighted by Gasteiger charge is -2.28. The molecule has 128 heavy (non-hydrogen) atoms. The maximum absolute atomic E-state index is 6.46. The highest BCUT2D eigenvalue weighted by molar-refractivity contribution is 6.14. The third-order valence-corrected chi connectivity index (χ3v) is 27.6. The minimum Gasteiger partial charge on any atom is -0.456 e. The fourth-order valence-corrected chi connectivity index (χ4v) is 21.1. The number of nitrogens with zero attached hydrogens (tertiary/aromatic N) is 4. The van der Waals surface area contributed by atoms with Crippen LogP contribution in [0.25, 0.3) is 187 Å². The molecule has 604 valence electrons. The molecule has 0 saturated heterocycles. The van der Waals surface area contributed by atoms with Crippen molar-refractivity contribution in [3.8, 4) is 78.1 Å². The lowest BCUT2D eigenvalue weighted by molar-refractivity contribution is 0.660. The van der Waals surface area contributed by atoms with Crippen LogP contribution in [0.1, 0.15) is 49.9 Å². The van der Waals surface area contributed by atoms with Crippen molar-refractivity contribution in [2.75, 3.05) is 9.80 Å². The monoisotopic (exact) mass is 1640 g/mol. The molecule has 0 spiro atoms. The van der Waals surface area contributed by atoms with E-state index in [4.69, 9.17) is 8.83 Å². The number of aromatic nitrogens is 2. The quantitative estimate of drug-likeness (QED) is 0.122. The Bertz CT molecular complexity index is 8620. The number of furan rings is 2. The van der Waals surface area contributed by atoms with E-state index >= 15 is 0 Å². The summed E-state index contributed by atoms with van der Waals surface area (Å²) >= 11 is 0. The first-order chi connectivity index (χ1) is 62.9. The molecule has 4 aromatic heterocycles. The van der Waals surface area contributed by atoms with Gasteiger partial charge in [0.1, 0.15) is 22.3 Å². The van der Waals surface area contributed by atoms with Crippen LogP contribution in [0, 0.1) is 0 Å². The highest BCUT2D eigenvalue weighted by Crippen LogP contribution is 2.54. The lowest BCUT2D eigenvalue weighted by atomic mass is 9.82. The summed E-state index contributed by atoms with van der Waals surface area (Å²) in [6.07, 6.45) is 0. The smallest absolute Gasteiger partial charge is 0.143 e. The molecular weight excluding hydrogens is 1550 g/mol. The van der Waals surface area contributed by atoms with Crippen LogP contribution >= 0.6 is 0 Å². The van der Waals surface area contributed by atoms with E-state index in [9.17, 15) is 0 Å². The molecule has 0 atom stereocenters. The van der Waals surface area contributed by atoms with E-state index in [1.807, 2.05) is 24.3 Å². The molecule has 6 heteroatoms. The summed E-state index contributed by atoms with van der Waals surface area (Å²) < 4.78 is 17.4. The van der Waals surface area contributed by atoms with E-state index in [-0.39, 0.29) is 10.8 Å². The number of benzene rings is 20. The number of hydrogen-bond acceptors (Lipinski definition) is 4. The standard InChI is InChI=1S/2C61H42N2O/c1-61(2)55-19-8-5-14-49(55)50-34-33-47(38-56(50)61)62(45-30-25-41(26-31-45)48-17-11-18-53-52-16-7-10-21-59(52)64-60(48)53)44-28-22-40(23-29-44)43-27-35-58-54(37-43)51-15-6-9-20-57(51)63(58)46-32-24-39-12-3-4-13-42(39)36-46;1-61(2)55-16-8-5-13-49(55)50-32-31-48(38-56(50)61)62(46-28-21-41(22-29-46)44-25-34-60-54(37-44)52-15-7-10-18-59(52)64-60)45-26-19-40(20-27-45)43-24-33-58-53(36-43)51-14-6-9-17-57(51)63(58)47-30-23-39-11-3-4-12-42(39)35-47/h2*3-38H,1-2H3. The molecule has 0 amide bonds. The van der Waals surface area contributed by atoms with Crippen molar-refractivity contribution in [2.24, 2.45) is 0 Å². The Morgan fingerprint density at radius 2 is 0.531 bits per heavy atom. The maximum Gasteiger partial charge on any atom is 0.143 e. The molecule has 4 heterocycles. The molecule has 2 aliphatic rings. The van der Waals surface area contributed by atoms with Gasteiger partial charge in [-0.2, -0.15) is 0 Å². The predicted octanol–water partition coefficient (Wildman–Crippen LogP) is 33.9. The molecular formula is C122H84N4O2. The summed E-state index contributed by atoms with van der Waals surface area (Å²) in [6.45, 7) is 9.41. The van der Waals surface area contributed by atoms with Gasteiger partial charge in [-0.3, -0.25) is 0 Å². The highest BCUT2D eigenvalue weighted by Gasteiger charge is 2.38. The molecule has 0 radical (unpaired) electrons. The zero-order valence-corrected chi connectivity index (χ0v) is 71.2. The second-order valence-corrected chi connectivity index (χ2v) is 35.5. The summed E-state index contributed by atoms with van der Waals surface area (Å²) in [4.78, 5) is 4.80. The van der Waals surface area contributed by atoms with E-state index in [1.165, 1.54) is 143 Å². The minimum atomic E-state index is -0.122.